The molecular weight excluding hydrogens is 302 g/mol. The number of aromatic nitrogens is 2. The highest BCUT2D eigenvalue weighted by Crippen LogP contribution is 2.40. The van der Waals surface area contributed by atoms with Crippen molar-refractivity contribution >= 4 is 17.4 Å². The van der Waals surface area contributed by atoms with Gasteiger partial charge >= 0.3 is 0 Å². The van der Waals surface area contributed by atoms with Crippen molar-refractivity contribution in [2.24, 2.45) is 0 Å². The van der Waals surface area contributed by atoms with Crippen LogP contribution in [0.1, 0.15) is 24.4 Å². The minimum atomic E-state index is 0.179. The number of methoxy groups -OCH3 is 2. The number of halogens is 1. The van der Waals surface area contributed by atoms with Crippen molar-refractivity contribution in [1.82, 2.24) is 9.97 Å². The summed E-state index contributed by atoms with van der Waals surface area (Å²) in [5, 5.41) is 0.403. The summed E-state index contributed by atoms with van der Waals surface area (Å²) in [4.78, 5) is 10.7. The van der Waals surface area contributed by atoms with Gasteiger partial charge in [0.25, 0.3) is 0 Å². The summed E-state index contributed by atoms with van der Waals surface area (Å²) >= 11 is 5.98. The van der Waals surface area contributed by atoms with Crippen molar-refractivity contribution < 1.29 is 9.47 Å². The molecule has 1 saturated heterocycles. The van der Waals surface area contributed by atoms with E-state index >= 15 is 0 Å². The SMILES string of the molecule is COc1ccc(OC)c(C2CCCN2c2cncc(Cl)n2)c1. The maximum atomic E-state index is 5.98. The Morgan fingerprint density at radius 3 is 2.82 bits per heavy atom. The molecule has 22 heavy (non-hydrogen) atoms. The van der Waals surface area contributed by atoms with Gasteiger partial charge in [-0.2, -0.15) is 0 Å². The van der Waals surface area contributed by atoms with Crippen LogP contribution in [0.15, 0.2) is 30.6 Å². The van der Waals surface area contributed by atoms with Gasteiger partial charge in [0.15, 0.2) is 0 Å². The van der Waals surface area contributed by atoms with Gasteiger partial charge in [0.2, 0.25) is 0 Å². The number of nitrogens with zero attached hydrogens (tertiary/aromatic N) is 3. The molecule has 2 aromatic rings. The first kappa shape index (κ1) is 14.9. The second-order valence-corrected chi connectivity index (χ2v) is 5.55. The average Bonchev–Trinajstić information content (AvgIpc) is 3.03. The molecule has 3 rings (SSSR count). The van der Waals surface area contributed by atoms with Gasteiger partial charge in [0.1, 0.15) is 22.5 Å². The third-order valence-corrected chi connectivity index (χ3v) is 4.12. The molecule has 5 nitrogen and oxygen atoms in total. The fourth-order valence-corrected chi connectivity index (χ4v) is 3.08. The summed E-state index contributed by atoms with van der Waals surface area (Å²) in [6.07, 6.45) is 5.40. The fourth-order valence-electron chi connectivity index (χ4n) is 2.94. The Morgan fingerprint density at radius 2 is 2.09 bits per heavy atom. The van der Waals surface area contributed by atoms with Gasteiger partial charge in [-0.25, -0.2) is 4.98 Å². The second-order valence-electron chi connectivity index (χ2n) is 5.16. The smallest absolute Gasteiger partial charge is 0.149 e. The molecule has 2 heterocycles. The van der Waals surface area contributed by atoms with E-state index in [0.717, 1.165) is 42.3 Å². The van der Waals surface area contributed by atoms with Gasteiger partial charge in [0, 0.05) is 12.1 Å². The first-order valence-electron chi connectivity index (χ1n) is 7.19. The Balaban J connectivity index is 1.99. The van der Waals surface area contributed by atoms with Gasteiger partial charge in [-0.05, 0) is 31.0 Å². The topological polar surface area (TPSA) is 47.5 Å². The second kappa shape index (κ2) is 6.40. The summed E-state index contributed by atoms with van der Waals surface area (Å²) < 4.78 is 10.9. The molecule has 1 aliphatic heterocycles. The highest BCUT2D eigenvalue weighted by molar-refractivity contribution is 6.29. The lowest BCUT2D eigenvalue weighted by atomic mass is 10.0. The predicted molar refractivity (Wildman–Crippen MR) is 85.9 cm³/mol. The summed E-state index contributed by atoms with van der Waals surface area (Å²) in [5.74, 6) is 2.47. The quantitative estimate of drug-likeness (QED) is 0.863. The molecule has 0 aliphatic carbocycles. The van der Waals surface area contributed by atoms with Crippen LogP contribution in [-0.4, -0.2) is 30.7 Å². The van der Waals surface area contributed by atoms with Crippen LogP contribution in [0.25, 0.3) is 0 Å². The number of rotatable bonds is 4. The zero-order valence-electron chi connectivity index (χ0n) is 12.6. The zero-order valence-corrected chi connectivity index (χ0v) is 13.4. The largest absolute Gasteiger partial charge is 0.497 e. The van der Waals surface area contributed by atoms with Gasteiger partial charge in [-0.1, -0.05) is 11.6 Å². The van der Waals surface area contributed by atoms with E-state index in [4.69, 9.17) is 21.1 Å². The molecule has 1 aliphatic rings. The monoisotopic (exact) mass is 319 g/mol. The number of benzene rings is 1. The van der Waals surface area contributed by atoms with E-state index in [9.17, 15) is 0 Å². The van der Waals surface area contributed by atoms with Crippen LogP contribution in [0.3, 0.4) is 0 Å². The van der Waals surface area contributed by atoms with Crippen LogP contribution in [0, 0.1) is 0 Å². The van der Waals surface area contributed by atoms with E-state index in [1.807, 2.05) is 18.2 Å². The Hall–Kier alpha value is -2.01. The molecule has 0 saturated carbocycles. The molecule has 0 amide bonds. The van der Waals surface area contributed by atoms with E-state index in [2.05, 4.69) is 14.9 Å². The fraction of sp³-hybridized carbons (Fsp3) is 0.375. The van der Waals surface area contributed by atoms with Crippen LogP contribution >= 0.6 is 11.6 Å². The van der Waals surface area contributed by atoms with E-state index in [-0.39, 0.29) is 6.04 Å². The van der Waals surface area contributed by atoms with Gasteiger partial charge < -0.3 is 14.4 Å². The first-order valence-corrected chi connectivity index (χ1v) is 7.57. The standard InChI is InChI=1S/C16H18ClN3O2/c1-21-11-5-6-14(22-2)12(8-11)13-4-3-7-20(13)16-10-18-9-15(17)19-16/h5-6,8-10,13H,3-4,7H2,1-2H3. The summed E-state index contributed by atoms with van der Waals surface area (Å²) in [7, 11) is 3.35. The van der Waals surface area contributed by atoms with Crippen LogP contribution in [0.2, 0.25) is 5.15 Å². The molecule has 1 unspecified atom stereocenters. The lowest BCUT2D eigenvalue weighted by Crippen LogP contribution is -2.24. The Kier molecular flexibility index (Phi) is 4.34. The number of hydrogen-bond donors (Lipinski definition) is 0. The van der Waals surface area contributed by atoms with Gasteiger partial charge in [-0.3, -0.25) is 4.98 Å². The van der Waals surface area contributed by atoms with Crippen LogP contribution in [-0.2, 0) is 0 Å². The third kappa shape index (κ3) is 2.81. The van der Waals surface area contributed by atoms with Crippen LogP contribution in [0.5, 0.6) is 11.5 Å². The average molecular weight is 320 g/mol. The normalized spacial score (nSPS) is 17.6. The molecule has 0 bridgehead atoms. The van der Waals surface area contributed by atoms with Crippen molar-refractivity contribution in [3.63, 3.8) is 0 Å². The highest BCUT2D eigenvalue weighted by Gasteiger charge is 2.30. The maximum absolute atomic E-state index is 5.98. The van der Waals surface area contributed by atoms with Gasteiger partial charge in [0.05, 0.1) is 32.7 Å². The summed E-state index contributed by atoms with van der Waals surface area (Å²) in [5.41, 5.74) is 1.10. The van der Waals surface area contributed by atoms with E-state index < -0.39 is 0 Å². The minimum absolute atomic E-state index is 0.179. The van der Waals surface area contributed by atoms with Crippen molar-refractivity contribution in [2.45, 2.75) is 18.9 Å². The van der Waals surface area contributed by atoms with Crippen LogP contribution < -0.4 is 14.4 Å². The van der Waals surface area contributed by atoms with Crippen molar-refractivity contribution in [3.8, 4) is 11.5 Å². The maximum Gasteiger partial charge on any atom is 0.149 e. The zero-order chi connectivity index (χ0) is 15.5. The van der Waals surface area contributed by atoms with Crippen LogP contribution in [0.4, 0.5) is 5.82 Å². The third-order valence-electron chi connectivity index (χ3n) is 3.94. The van der Waals surface area contributed by atoms with Gasteiger partial charge in [-0.15, -0.1) is 0 Å². The molecule has 1 aromatic heterocycles. The summed E-state index contributed by atoms with van der Waals surface area (Å²) in [6, 6.07) is 6.05. The summed E-state index contributed by atoms with van der Waals surface area (Å²) in [6.45, 7) is 0.917. The number of ether oxygens (including phenoxy) is 2. The highest BCUT2D eigenvalue weighted by atomic mass is 35.5. The Morgan fingerprint density at radius 1 is 1.23 bits per heavy atom. The predicted octanol–water partition coefficient (Wildman–Crippen LogP) is 3.49. The lowest BCUT2D eigenvalue weighted by Gasteiger charge is -2.27. The first-order chi connectivity index (χ1) is 10.7. The molecule has 0 N–H and O–H groups in total. The Bertz CT molecular complexity index is 666. The molecule has 1 aromatic carbocycles. The molecule has 116 valence electrons. The molecule has 6 heteroatoms. The molecule has 0 radical (unpaired) electrons. The lowest BCUT2D eigenvalue weighted by molar-refractivity contribution is 0.395. The van der Waals surface area contributed by atoms with E-state index in [0.29, 0.717) is 5.15 Å². The van der Waals surface area contributed by atoms with E-state index in [1.54, 1.807) is 26.6 Å². The number of hydrogen-bond acceptors (Lipinski definition) is 5. The molecule has 1 fully saturated rings. The Labute approximate surface area is 134 Å². The van der Waals surface area contributed by atoms with Crippen molar-refractivity contribution in [1.29, 1.82) is 0 Å². The van der Waals surface area contributed by atoms with E-state index in [1.165, 1.54) is 0 Å². The number of anilines is 1. The minimum Gasteiger partial charge on any atom is -0.497 e. The van der Waals surface area contributed by atoms with Crippen molar-refractivity contribution in [2.75, 3.05) is 25.7 Å². The molecule has 0 spiro atoms. The molecule has 1 atom stereocenters. The van der Waals surface area contributed by atoms with Crippen molar-refractivity contribution in [3.05, 3.63) is 41.3 Å². The molecular formula is C16H18ClN3O2.